The van der Waals surface area contributed by atoms with E-state index in [9.17, 15) is 0 Å². The monoisotopic (exact) mass is 378 g/mol. The maximum Gasteiger partial charge on any atom is 0.245 e. The number of halogens is 1. The highest BCUT2D eigenvalue weighted by molar-refractivity contribution is 9.10. The first-order valence-electron chi connectivity index (χ1n) is 8.07. The zero-order chi connectivity index (χ0) is 15.7. The van der Waals surface area contributed by atoms with Crippen LogP contribution in [0.1, 0.15) is 49.1 Å². The zero-order valence-electron chi connectivity index (χ0n) is 12.8. The van der Waals surface area contributed by atoms with Gasteiger partial charge in [0.25, 0.3) is 0 Å². The van der Waals surface area contributed by atoms with Crippen molar-refractivity contribution < 1.29 is 13.9 Å². The molecule has 23 heavy (non-hydrogen) atoms. The highest BCUT2D eigenvalue weighted by Gasteiger charge is 2.42. The lowest BCUT2D eigenvalue weighted by Crippen LogP contribution is -2.35. The van der Waals surface area contributed by atoms with Crippen LogP contribution in [0.2, 0.25) is 0 Å². The molecular formula is C17H19BrN2O3. The Hall–Kier alpha value is -1.24. The summed E-state index contributed by atoms with van der Waals surface area (Å²) >= 11 is 3.50. The van der Waals surface area contributed by atoms with Crippen molar-refractivity contribution in [2.45, 2.75) is 37.2 Å². The molecule has 0 spiro atoms. The van der Waals surface area contributed by atoms with Crippen LogP contribution in [0.25, 0.3) is 0 Å². The van der Waals surface area contributed by atoms with Gasteiger partial charge in [-0.15, -0.1) is 10.2 Å². The molecule has 6 heteroatoms. The lowest BCUT2D eigenvalue weighted by Gasteiger charge is -2.34. The Morgan fingerprint density at radius 2 is 1.83 bits per heavy atom. The first-order chi connectivity index (χ1) is 11.3. The second-order valence-electron chi connectivity index (χ2n) is 6.15. The highest BCUT2D eigenvalue weighted by Crippen LogP contribution is 2.41. The van der Waals surface area contributed by atoms with Crippen LogP contribution in [-0.2, 0) is 14.9 Å². The third kappa shape index (κ3) is 2.84. The minimum atomic E-state index is -0.261. The molecule has 0 bridgehead atoms. The molecule has 2 saturated heterocycles. The summed E-state index contributed by atoms with van der Waals surface area (Å²) in [5, 5.41) is 8.66. The highest BCUT2D eigenvalue weighted by atomic mass is 79.9. The van der Waals surface area contributed by atoms with Crippen LogP contribution in [-0.4, -0.2) is 30.0 Å². The standard InChI is InChI=1S/C17H19BrN2O3/c18-13-5-3-12(4-6-13)17(7-10-21-11-8-17)16-20-19-15(23-16)14-2-1-9-22-14/h3-6,14H,1-2,7-11H2/t14-/m1/s1. The summed E-state index contributed by atoms with van der Waals surface area (Å²) < 4.78 is 18.4. The van der Waals surface area contributed by atoms with Crippen LogP contribution in [0.5, 0.6) is 0 Å². The number of hydrogen-bond donors (Lipinski definition) is 0. The molecule has 1 aromatic heterocycles. The molecule has 0 amide bonds. The van der Waals surface area contributed by atoms with E-state index in [1.807, 2.05) is 0 Å². The topological polar surface area (TPSA) is 57.4 Å². The van der Waals surface area contributed by atoms with E-state index < -0.39 is 0 Å². The number of hydrogen-bond acceptors (Lipinski definition) is 5. The molecule has 2 aromatic rings. The molecule has 0 N–H and O–H groups in total. The minimum absolute atomic E-state index is 0.0435. The van der Waals surface area contributed by atoms with Crippen LogP contribution in [0.4, 0.5) is 0 Å². The predicted molar refractivity (Wildman–Crippen MR) is 87.2 cm³/mol. The smallest absolute Gasteiger partial charge is 0.245 e. The molecule has 2 aliphatic heterocycles. The molecule has 0 saturated carbocycles. The third-order valence-corrected chi connectivity index (χ3v) is 5.33. The van der Waals surface area contributed by atoms with Gasteiger partial charge in [-0.25, -0.2) is 0 Å². The number of benzene rings is 1. The second-order valence-corrected chi connectivity index (χ2v) is 7.06. The van der Waals surface area contributed by atoms with E-state index in [0.717, 1.165) is 36.8 Å². The van der Waals surface area contributed by atoms with Gasteiger partial charge in [-0.05, 0) is 43.4 Å². The number of ether oxygens (including phenoxy) is 2. The van der Waals surface area contributed by atoms with Gasteiger partial charge >= 0.3 is 0 Å². The summed E-state index contributed by atoms with van der Waals surface area (Å²) in [7, 11) is 0. The van der Waals surface area contributed by atoms with Gasteiger partial charge < -0.3 is 13.9 Å². The van der Waals surface area contributed by atoms with Crippen molar-refractivity contribution in [3.05, 3.63) is 46.1 Å². The van der Waals surface area contributed by atoms with Crippen LogP contribution in [0.3, 0.4) is 0 Å². The summed E-state index contributed by atoms with van der Waals surface area (Å²) in [6.45, 7) is 2.18. The Balaban J connectivity index is 1.72. The van der Waals surface area contributed by atoms with Gasteiger partial charge in [0.05, 0.1) is 5.41 Å². The fraction of sp³-hybridized carbons (Fsp3) is 0.529. The summed E-state index contributed by atoms with van der Waals surface area (Å²) in [6.07, 6.45) is 3.66. The van der Waals surface area contributed by atoms with E-state index in [2.05, 4.69) is 50.4 Å². The fourth-order valence-electron chi connectivity index (χ4n) is 3.45. The Morgan fingerprint density at radius 3 is 2.52 bits per heavy atom. The van der Waals surface area contributed by atoms with Gasteiger partial charge in [-0.3, -0.25) is 0 Å². The van der Waals surface area contributed by atoms with Crippen molar-refractivity contribution in [1.82, 2.24) is 10.2 Å². The van der Waals surface area contributed by atoms with Crippen molar-refractivity contribution in [2.24, 2.45) is 0 Å². The normalized spacial score (nSPS) is 24.0. The molecule has 1 aromatic carbocycles. The average Bonchev–Trinajstić information content (AvgIpc) is 3.28. The van der Waals surface area contributed by atoms with E-state index in [1.54, 1.807) is 0 Å². The van der Waals surface area contributed by atoms with E-state index in [0.29, 0.717) is 25.0 Å². The molecule has 5 nitrogen and oxygen atoms in total. The zero-order valence-corrected chi connectivity index (χ0v) is 14.4. The summed E-state index contributed by atoms with van der Waals surface area (Å²) in [5.41, 5.74) is 0.939. The van der Waals surface area contributed by atoms with E-state index in [1.165, 1.54) is 5.56 Å². The lowest BCUT2D eigenvalue weighted by atomic mass is 9.74. The van der Waals surface area contributed by atoms with Crippen molar-refractivity contribution in [3.8, 4) is 0 Å². The van der Waals surface area contributed by atoms with Gasteiger partial charge in [0.2, 0.25) is 11.8 Å². The first kappa shape index (κ1) is 15.3. The van der Waals surface area contributed by atoms with Gasteiger partial charge in [-0.2, -0.15) is 0 Å². The molecule has 2 aliphatic rings. The predicted octanol–water partition coefficient (Wildman–Crippen LogP) is 3.78. The van der Waals surface area contributed by atoms with Crippen molar-refractivity contribution in [2.75, 3.05) is 19.8 Å². The molecular weight excluding hydrogens is 360 g/mol. The molecule has 2 fully saturated rings. The van der Waals surface area contributed by atoms with Crippen LogP contribution in [0.15, 0.2) is 33.2 Å². The summed E-state index contributed by atoms with van der Waals surface area (Å²) in [6, 6.07) is 8.38. The largest absolute Gasteiger partial charge is 0.421 e. The summed E-state index contributed by atoms with van der Waals surface area (Å²) in [5.74, 6) is 1.30. The summed E-state index contributed by atoms with van der Waals surface area (Å²) in [4.78, 5) is 0. The number of rotatable bonds is 3. The van der Waals surface area contributed by atoms with Gasteiger partial charge in [0.15, 0.2) is 0 Å². The van der Waals surface area contributed by atoms with Crippen molar-refractivity contribution >= 4 is 15.9 Å². The molecule has 0 radical (unpaired) electrons. The second kappa shape index (κ2) is 6.34. The van der Waals surface area contributed by atoms with Gasteiger partial charge in [0.1, 0.15) is 6.10 Å². The third-order valence-electron chi connectivity index (χ3n) is 4.80. The van der Waals surface area contributed by atoms with E-state index in [4.69, 9.17) is 13.9 Å². The molecule has 0 aliphatic carbocycles. The minimum Gasteiger partial charge on any atom is -0.421 e. The molecule has 3 heterocycles. The Labute approximate surface area is 143 Å². The van der Waals surface area contributed by atoms with Crippen LogP contribution >= 0.6 is 15.9 Å². The molecule has 122 valence electrons. The average molecular weight is 379 g/mol. The van der Waals surface area contributed by atoms with Crippen molar-refractivity contribution in [1.29, 1.82) is 0 Å². The first-order valence-corrected chi connectivity index (χ1v) is 8.86. The van der Waals surface area contributed by atoms with Crippen LogP contribution in [0, 0.1) is 0 Å². The number of nitrogens with zero attached hydrogens (tertiary/aromatic N) is 2. The molecule has 4 rings (SSSR count). The molecule has 0 unspecified atom stereocenters. The fourth-order valence-corrected chi connectivity index (χ4v) is 3.71. The van der Waals surface area contributed by atoms with Crippen LogP contribution < -0.4 is 0 Å². The maximum atomic E-state index is 6.08. The molecule has 1 atom stereocenters. The quantitative estimate of drug-likeness (QED) is 0.813. The van der Waals surface area contributed by atoms with Gasteiger partial charge in [0, 0.05) is 24.3 Å². The van der Waals surface area contributed by atoms with Gasteiger partial charge in [-0.1, -0.05) is 28.1 Å². The van der Waals surface area contributed by atoms with Crippen molar-refractivity contribution in [3.63, 3.8) is 0 Å². The van der Waals surface area contributed by atoms with E-state index >= 15 is 0 Å². The SMILES string of the molecule is Brc1ccc(C2(c3nnc([C@H]4CCCO4)o3)CCOCC2)cc1. The lowest BCUT2D eigenvalue weighted by molar-refractivity contribution is 0.0504. The Bertz CT molecular complexity index is 659. The maximum absolute atomic E-state index is 6.08. The number of aromatic nitrogens is 2. The Kier molecular flexibility index (Phi) is 4.22. The Morgan fingerprint density at radius 1 is 1.04 bits per heavy atom. The van der Waals surface area contributed by atoms with E-state index in [-0.39, 0.29) is 11.5 Å².